The maximum absolute atomic E-state index is 14.0. The molecule has 1 aliphatic heterocycles. The Morgan fingerprint density at radius 3 is 2.94 bits per heavy atom. The van der Waals surface area contributed by atoms with Gasteiger partial charge >= 0.3 is 0 Å². The Hall–Kier alpha value is -1.23. The number of anilines is 1. The van der Waals surface area contributed by atoms with Crippen LogP contribution in [0.1, 0.15) is 22.8 Å². The van der Waals surface area contributed by atoms with Crippen LogP contribution in [0.3, 0.4) is 0 Å². The van der Waals surface area contributed by atoms with E-state index >= 15 is 0 Å². The van der Waals surface area contributed by atoms with Gasteiger partial charge in [0.1, 0.15) is 5.82 Å². The second kappa shape index (κ2) is 5.18. The average molecular weight is 268 g/mol. The number of hydrogen-bond acceptors (Lipinski definition) is 3. The fourth-order valence-corrected chi connectivity index (χ4v) is 3.14. The van der Waals surface area contributed by atoms with E-state index in [0.29, 0.717) is 29.6 Å². The van der Waals surface area contributed by atoms with E-state index in [2.05, 4.69) is 6.92 Å². The van der Waals surface area contributed by atoms with E-state index in [4.69, 9.17) is 5.73 Å². The Balaban J connectivity index is 2.28. The number of rotatable bonds is 1. The molecule has 1 atom stereocenters. The van der Waals surface area contributed by atoms with Gasteiger partial charge in [0.25, 0.3) is 5.91 Å². The highest BCUT2D eigenvalue weighted by Gasteiger charge is 2.25. The van der Waals surface area contributed by atoms with Gasteiger partial charge in [0, 0.05) is 29.8 Å². The first kappa shape index (κ1) is 13.2. The molecule has 1 aromatic rings. The van der Waals surface area contributed by atoms with Crippen LogP contribution in [0, 0.1) is 12.7 Å². The van der Waals surface area contributed by atoms with Crippen LogP contribution in [0.5, 0.6) is 0 Å². The molecule has 0 radical (unpaired) electrons. The van der Waals surface area contributed by atoms with Crippen molar-refractivity contribution in [3.05, 3.63) is 29.1 Å². The van der Waals surface area contributed by atoms with E-state index in [1.54, 1.807) is 17.9 Å². The second-order valence-corrected chi connectivity index (χ2v) is 6.18. The van der Waals surface area contributed by atoms with E-state index in [1.807, 2.05) is 11.8 Å². The van der Waals surface area contributed by atoms with Crippen molar-refractivity contribution in [2.75, 3.05) is 24.6 Å². The molecule has 1 amide bonds. The van der Waals surface area contributed by atoms with Gasteiger partial charge in [-0.3, -0.25) is 4.79 Å². The summed E-state index contributed by atoms with van der Waals surface area (Å²) in [5, 5.41) is 0.396. The van der Waals surface area contributed by atoms with Crippen LogP contribution in [0.4, 0.5) is 10.1 Å². The lowest BCUT2D eigenvalue weighted by atomic mass is 10.1. The van der Waals surface area contributed by atoms with Crippen molar-refractivity contribution in [1.29, 1.82) is 0 Å². The first-order valence-corrected chi connectivity index (χ1v) is 7.00. The van der Waals surface area contributed by atoms with E-state index in [-0.39, 0.29) is 11.5 Å². The number of thioether (sulfide) groups is 1. The average Bonchev–Trinajstić information content (AvgIpc) is 2.33. The third-order valence-electron chi connectivity index (χ3n) is 3.04. The van der Waals surface area contributed by atoms with Crippen molar-refractivity contribution in [2.24, 2.45) is 0 Å². The quantitative estimate of drug-likeness (QED) is 0.795. The SMILES string of the molecule is Cc1cc(N)cc(C(=O)N2CCSC(C)C2)c1F. The molecule has 0 aliphatic carbocycles. The molecule has 1 aromatic carbocycles. The molecule has 3 nitrogen and oxygen atoms in total. The van der Waals surface area contributed by atoms with Gasteiger partial charge in [-0.05, 0) is 24.6 Å². The zero-order valence-electron chi connectivity index (χ0n) is 10.6. The summed E-state index contributed by atoms with van der Waals surface area (Å²) in [5.74, 6) is 0.186. The Kier molecular flexibility index (Phi) is 3.80. The van der Waals surface area contributed by atoms with Crippen LogP contribution in [0.15, 0.2) is 12.1 Å². The second-order valence-electron chi connectivity index (χ2n) is 4.63. The summed E-state index contributed by atoms with van der Waals surface area (Å²) < 4.78 is 14.0. The summed E-state index contributed by atoms with van der Waals surface area (Å²) in [6.45, 7) is 5.03. The van der Waals surface area contributed by atoms with Gasteiger partial charge in [0.05, 0.1) is 5.56 Å². The number of halogens is 1. The number of aryl methyl sites for hydroxylation is 1. The standard InChI is InChI=1S/C13H17FN2OS/c1-8-5-10(15)6-11(12(8)14)13(17)16-3-4-18-9(2)7-16/h5-6,9H,3-4,7,15H2,1-2H3. The maximum Gasteiger partial charge on any atom is 0.256 e. The molecule has 1 saturated heterocycles. The van der Waals surface area contributed by atoms with Gasteiger partial charge in [-0.2, -0.15) is 11.8 Å². The van der Waals surface area contributed by atoms with Crippen molar-refractivity contribution in [3.63, 3.8) is 0 Å². The zero-order chi connectivity index (χ0) is 13.3. The highest BCUT2D eigenvalue weighted by atomic mass is 32.2. The fourth-order valence-electron chi connectivity index (χ4n) is 2.13. The molecule has 2 rings (SSSR count). The van der Waals surface area contributed by atoms with Gasteiger partial charge in [-0.1, -0.05) is 6.92 Å². The highest BCUT2D eigenvalue weighted by Crippen LogP contribution is 2.23. The molecule has 0 spiro atoms. The van der Waals surface area contributed by atoms with Crippen LogP contribution in [0.25, 0.3) is 0 Å². The molecule has 0 aromatic heterocycles. The van der Waals surface area contributed by atoms with Gasteiger partial charge < -0.3 is 10.6 Å². The molecular formula is C13H17FN2OS. The van der Waals surface area contributed by atoms with Crippen LogP contribution >= 0.6 is 11.8 Å². The summed E-state index contributed by atoms with van der Waals surface area (Å²) in [5.41, 5.74) is 6.61. The summed E-state index contributed by atoms with van der Waals surface area (Å²) in [6, 6.07) is 2.97. The number of nitrogen functional groups attached to an aromatic ring is 1. The van der Waals surface area contributed by atoms with Crippen molar-refractivity contribution in [3.8, 4) is 0 Å². The summed E-state index contributed by atoms with van der Waals surface area (Å²) in [7, 11) is 0. The third kappa shape index (κ3) is 2.61. The number of nitrogens with zero attached hydrogens (tertiary/aromatic N) is 1. The molecule has 2 N–H and O–H groups in total. The monoisotopic (exact) mass is 268 g/mol. The molecule has 98 valence electrons. The highest BCUT2D eigenvalue weighted by molar-refractivity contribution is 7.99. The van der Waals surface area contributed by atoms with Crippen LogP contribution < -0.4 is 5.73 Å². The van der Waals surface area contributed by atoms with Crippen molar-refractivity contribution < 1.29 is 9.18 Å². The minimum atomic E-state index is -0.458. The fraction of sp³-hybridized carbons (Fsp3) is 0.462. The van der Waals surface area contributed by atoms with Gasteiger partial charge in [-0.25, -0.2) is 4.39 Å². The molecular weight excluding hydrogens is 251 g/mol. The van der Waals surface area contributed by atoms with E-state index in [1.165, 1.54) is 6.07 Å². The molecule has 1 heterocycles. The van der Waals surface area contributed by atoms with E-state index in [0.717, 1.165) is 5.75 Å². The lowest BCUT2D eigenvalue weighted by Gasteiger charge is -2.30. The molecule has 18 heavy (non-hydrogen) atoms. The number of amides is 1. The summed E-state index contributed by atoms with van der Waals surface area (Å²) >= 11 is 1.83. The lowest BCUT2D eigenvalue weighted by Crippen LogP contribution is -2.41. The summed E-state index contributed by atoms with van der Waals surface area (Å²) in [6.07, 6.45) is 0. The number of nitrogens with two attached hydrogens (primary N) is 1. The Morgan fingerprint density at radius 1 is 1.56 bits per heavy atom. The Labute approximate surface area is 111 Å². The zero-order valence-corrected chi connectivity index (χ0v) is 11.4. The first-order valence-electron chi connectivity index (χ1n) is 5.95. The van der Waals surface area contributed by atoms with Crippen LogP contribution in [0.2, 0.25) is 0 Å². The lowest BCUT2D eigenvalue weighted by molar-refractivity contribution is 0.0758. The molecule has 1 fully saturated rings. The van der Waals surface area contributed by atoms with E-state index in [9.17, 15) is 9.18 Å². The largest absolute Gasteiger partial charge is 0.399 e. The smallest absolute Gasteiger partial charge is 0.256 e. The molecule has 0 saturated carbocycles. The molecule has 1 unspecified atom stereocenters. The van der Waals surface area contributed by atoms with Crippen molar-refractivity contribution in [2.45, 2.75) is 19.1 Å². The molecule has 0 bridgehead atoms. The third-order valence-corrected chi connectivity index (χ3v) is 4.17. The molecule has 5 heteroatoms. The normalized spacial score (nSPS) is 19.9. The minimum Gasteiger partial charge on any atom is -0.399 e. The van der Waals surface area contributed by atoms with Crippen LogP contribution in [-0.2, 0) is 0 Å². The van der Waals surface area contributed by atoms with Crippen molar-refractivity contribution in [1.82, 2.24) is 4.90 Å². The predicted molar refractivity (Wildman–Crippen MR) is 73.4 cm³/mol. The van der Waals surface area contributed by atoms with Gasteiger partial charge in [0.15, 0.2) is 0 Å². The topological polar surface area (TPSA) is 46.3 Å². The number of benzene rings is 1. The summed E-state index contributed by atoms with van der Waals surface area (Å²) in [4.78, 5) is 14.0. The van der Waals surface area contributed by atoms with Crippen LogP contribution in [-0.4, -0.2) is 34.9 Å². The predicted octanol–water partition coefficient (Wildman–Crippen LogP) is 2.29. The Bertz CT molecular complexity index is 478. The minimum absolute atomic E-state index is 0.0894. The van der Waals surface area contributed by atoms with E-state index < -0.39 is 5.82 Å². The number of carbonyl (C=O) groups excluding carboxylic acids is 1. The number of hydrogen-bond donors (Lipinski definition) is 1. The van der Waals surface area contributed by atoms with Gasteiger partial charge in [-0.15, -0.1) is 0 Å². The molecule has 1 aliphatic rings. The Morgan fingerprint density at radius 2 is 2.28 bits per heavy atom. The maximum atomic E-state index is 14.0. The first-order chi connectivity index (χ1) is 8.49. The number of carbonyl (C=O) groups is 1. The van der Waals surface area contributed by atoms with Gasteiger partial charge in [0.2, 0.25) is 0 Å². The van der Waals surface area contributed by atoms with Crippen molar-refractivity contribution >= 4 is 23.4 Å².